The van der Waals surface area contributed by atoms with Crippen LogP contribution in [0.3, 0.4) is 0 Å². The van der Waals surface area contributed by atoms with Crippen LogP contribution in [-0.2, 0) is 17.8 Å². The minimum Gasteiger partial charge on any atom is -0.494 e. The number of pyridine rings is 1. The molecule has 0 unspecified atom stereocenters. The third-order valence-electron chi connectivity index (χ3n) is 7.08. The van der Waals surface area contributed by atoms with Crippen molar-refractivity contribution in [2.75, 3.05) is 13.2 Å². The largest absolute Gasteiger partial charge is 0.494 e. The average Bonchev–Trinajstić information content (AvgIpc) is 3.32. The number of nitrogens with one attached hydrogen (secondary N) is 1. The molecule has 39 heavy (non-hydrogen) atoms. The maximum absolute atomic E-state index is 13.3. The minimum absolute atomic E-state index is 0.0279. The van der Waals surface area contributed by atoms with Crippen molar-refractivity contribution in [1.82, 2.24) is 14.9 Å². The highest BCUT2D eigenvalue weighted by atomic mass is 16.5. The van der Waals surface area contributed by atoms with E-state index in [1.54, 1.807) is 6.20 Å². The number of amides is 1. The average molecular weight is 518 g/mol. The van der Waals surface area contributed by atoms with Crippen LogP contribution in [0.25, 0.3) is 10.9 Å². The predicted octanol–water partition coefficient (Wildman–Crippen LogP) is 6.67. The molecule has 198 valence electrons. The predicted molar refractivity (Wildman–Crippen MR) is 157 cm³/mol. The van der Waals surface area contributed by atoms with E-state index < -0.39 is 0 Å². The molecule has 0 radical (unpaired) electrons. The van der Waals surface area contributed by atoms with E-state index in [1.807, 2.05) is 37.3 Å². The van der Waals surface area contributed by atoms with E-state index in [0.29, 0.717) is 26.0 Å². The highest BCUT2D eigenvalue weighted by Crippen LogP contribution is 2.36. The van der Waals surface area contributed by atoms with Crippen LogP contribution in [0.1, 0.15) is 47.2 Å². The van der Waals surface area contributed by atoms with E-state index in [2.05, 4.69) is 88.7 Å². The molecule has 5 heteroatoms. The van der Waals surface area contributed by atoms with E-state index in [4.69, 9.17) is 4.74 Å². The van der Waals surface area contributed by atoms with Gasteiger partial charge in [0.15, 0.2) is 0 Å². The first-order chi connectivity index (χ1) is 19.1. The van der Waals surface area contributed by atoms with Crippen molar-refractivity contribution < 1.29 is 9.53 Å². The van der Waals surface area contributed by atoms with Gasteiger partial charge in [-0.2, -0.15) is 0 Å². The van der Waals surface area contributed by atoms with Crippen molar-refractivity contribution >= 4 is 16.8 Å². The van der Waals surface area contributed by atoms with Crippen molar-refractivity contribution in [1.29, 1.82) is 0 Å². The summed E-state index contributed by atoms with van der Waals surface area (Å²) in [5.74, 6) is 0.765. The summed E-state index contributed by atoms with van der Waals surface area (Å²) in [7, 11) is 0. The Hall–Kier alpha value is -4.38. The van der Waals surface area contributed by atoms with Gasteiger partial charge in [-0.25, -0.2) is 0 Å². The van der Waals surface area contributed by atoms with Gasteiger partial charge in [-0.3, -0.25) is 9.78 Å². The Bertz CT molecular complexity index is 1510. The summed E-state index contributed by atoms with van der Waals surface area (Å²) in [6, 6.07) is 31.2. The zero-order valence-corrected chi connectivity index (χ0v) is 22.6. The number of para-hydroxylation sites is 1. The maximum atomic E-state index is 13.3. The van der Waals surface area contributed by atoms with Crippen LogP contribution in [0, 0.1) is 6.92 Å². The number of aromatic nitrogens is 2. The molecule has 0 bridgehead atoms. The lowest BCUT2D eigenvalue weighted by Crippen LogP contribution is -2.27. The lowest BCUT2D eigenvalue weighted by Gasteiger charge is -2.18. The van der Waals surface area contributed by atoms with E-state index in [1.165, 1.54) is 22.0 Å². The summed E-state index contributed by atoms with van der Waals surface area (Å²) in [6.45, 7) is 6.03. The Morgan fingerprint density at radius 1 is 0.949 bits per heavy atom. The lowest BCUT2D eigenvalue weighted by molar-refractivity contribution is -0.121. The number of carbonyl (C=O) groups is 1. The van der Waals surface area contributed by atoms with Crippen molar-refractivity contribution in [3.8, 4) is 5.75 Å². The van der Waals surface area contributed by atoms with E-state index in [-0.39, 0.29) is 11.8 Å². The summed E-state index contributed by atoms with van der Waals surface area (Å²) < 4.78 is 7.98. The number of hydrogen-bond donors (Lipinski definition) is 1. The fourth-order valence-corrected chi connectivity index (χ4v) is 5.08. The molecular weight excluding hydrogens is 482 g/mol. The van der Waals surface area contributed by atoms with Gasteiger partial charge in [0.05, 0.1) is 6.61 Å². The molecule has 0 aliphatic carbocycles. The molecule has 2 heterocycles. The Morgan fingerprint density at radius 2 is 1.72 bits per heavy atom. The van der Waals surface area contributed by atoms with Crippen molar-refractivity contribution in [2.24, 2.45) is 0 Å². The zero-order valence-electron chi connectivity index (χ0n) is 22.6. The Kier molecular flexibility index (Phi) is 8.37. The normalized spacial score (nSPS) is 11.8. The molecule has 0 aliphatic heterocycles. The van der Waals surface area contributed by atoms with Gasteiger partial charge >= 0.3 is 0 Å². The van der Waals surface area contributed by atoms with Crippen molar-refractivity contribution in [3.63, 3.8) is 0 Å². The Labute approximate surface area is 230 Å². The van der Waals surface area contributed by atoms with Crippen LogP contribution in [0.2, 0.25) is 0 Å². The lowest BCUT2D eigenvalue weighted by atomic mass is 9.88. The Morgan fingerprint density at radius 3 is 2.46 bits per heavy atom. The van der Waals surface area contributed by atoms with Crippen LogP contribution in [0.4, 0.5) is 0 Å². The van der Waals surface area contributed by atoms with Gasteiger partial charge in [0.2, 0.25) is 5.91 Å². The smallest absolute Gasteiger partial charge is 0.220 e. The summed E-state index contributed by atoms with van der Waals surface area (Å²) in [6.07, 6.45) is 5.07. The molecular formula is C34H35N3O2. The number of benzene rings is 3. The number of fused-ring (bicyclic) bond motifs is 1. The molecule has 5 aromatic rings. The number of hydrogen-bond acceptors (Lipinski definition) is 3. The molecule has 0 saturated carbocycles. The molecule has 1 N–H and O–H groups in total. The molecule has 0 aliphatic rings. The number of ether oxygens (including phenoxy) is 1. The fraction of sp³-hybridized carbons (Fsp3) is 0.235. The van der Waals surface area contributed by atoms with Crippen LogP contribution in [0.5, 0.6) is 5.75 Å². The van der Waals surface area contributed by atoms with E-state index in [9.17, 15) is 4.79 Å². The molecule has 0 spiro atoms. The summed E-state index contributed by atoms with van der Waals surface area (Å²) in [5.41, 5.74) is 6.89. The molecule has 5 nitrogen and oxygen atoms in total. The van der Waals surface area contributed by atoms with Gasteiger partial charge in [0, 0.05) is 60.8 Å². The molecule has 5 rings (SSSR count). The molecule has 1 amide bonds. The molecule has 0 saturated heterocycles. The van der Waals surface area contributed by atoms with Crippen LogP contribution < -0.4 is 10.1 Å². The number of nitrogens with zero attached hydrogens (tertiary/aromatic N) is 2. The molecule has 1 atom stereocenters. The topological polar surface area (TPSA) is 56.1 Å². The van der Waals surface area contributed by atoms with E-state index in [0.717, 1.165) is 29.1 Å². The van der Waals surface area contributed by atoms with Crippen molar-refractivity contribution in [2.45, 2.75) is 39.2 Å². The number of aryl methyl sites for hydroxylation is 1. The highest BCUT2D eigenvalue weighted by molar-refractivity contribution is 5.86. The number of rotatable bonds is 11. The van der Waals surface area contributed by atoms with Crippen LogP contribution >= 0.6 is 0 Å². The molecule has 2 aromatic heterocycles. The summed E-state index contributed by atoms with van der Waals surface area (Å²) in [5, 5.41) is 4.29. The third kappa shape index (κ3) is 6.55. The van der Waals surface area contributed by atoms with Gasteiger partial charge in [-0.05, 0) is 60.9 Å². The van der Waals surface area contributed by atoms with Gasteiger partial charge in [-0.1, -0.05) is 66.2 Å². The van der Waals surface area contributed by atoms with Gasteiger partial charge in [-0.15, -0.1) is 0 Å². The first kappa shape index (κ1) is 26.2. The molecule has 0 fully saturated rings. The maximum Gasteiger partial charge on any atom is 0.220 e. The first-order valence-electron chi connectivity index (χ1n) is 13.6. The van der Waals surface area contributed by atoms with Gasteiger partial charge < -0.3 is 14.6 Å². The third-order valence-corrected chi connectivity index (χ3v) is 7.08. The monoisotopic (exact) mass is 517 g/mol. The second kappa shape index (κ2) is 12.4. The second-order valence-corrected chi connectivity index (χ2v) is 9.89. The highest BCUT2D eigenvalue weighted by Gasteiger charge is 2.23. The van der Waals surface area contributed by atoms with Gasteiger partial charge in [0.1, 0.15) is 5.75 Å². The summed E-state index contributed by atoms with van der Waals surface area (Å²) in [4.78, 5) is 17.6. The molecule has 3 aromatic carbocycles. The van der Waals surface area contributed by atoms with Crippen LogP contribution in [0.15, 0.2) is 103 Å². The van der Waals surface area contributed by atoms with Gasteiger partial charge in [0.25, 0.3) is 0 Å². The second-order valence-electron chi connectivity index (χ2n) is 9.89. The van der Waals surface area contributed by atoms with Crippen molar-refractivity contribution in [3.05, 3.63) is 131 Å². The zero-order chi connectivity index (χ0) is 27.0. The SMILES string of the molecule is CCOc1ccc([C@@H](CC(=O)NCCc2ccccn2)c2cn(Cc3ccc(C)cc3)c3ccccc23)cc1. The minimum atomic E-state index is -0.0975. The fourth-order valence-electron chi connectivity index (χ4n) is 5.08. The quantitative estimate of drug-likeness (QED) is 0.213. The van der Waals surface area contributed by atoms with E-state index >= 15 is 0 Å². The first-order valence-corrected chi connectivity index (χ1v) is 13.6. The summed E-state index contributed by atoms with van der Waals surface area (Å²) >= 11 is 0. The standard InChI is InChI=1S/C34H35N3O2/c1-3-39-29-17-15-27(16-18-29)31(22-34(38)36-21-19-28-8-6-7-20-35-28)32-24-37(33-10-5-4-9-30(32)33)23-26-13-11-25(2)12-14-26/h4-18,20,24,31H,3,19,21-23H2,1-2H3,(H,36,38)/t31-/m1/s1. The number of carbonyl (C=O) groups excluding carboxylic acids is 1. The van der Waals surface area contributed by atoms with Crippen LogP contribution in [-0.4, -0.2) is 28.6 Å². The Balaban J connectivity index is 1.44.